The van der Waals surface area contributed by atoms with Gasteiger partial charge in [-0.3, -0.25) is 9.59 Å². The molecule has 6 nitrogen and oxygen atoms in total. The highest BCUT2D eigenvalue weighted by atomic mass is 16.6. The van der Waals surface area contributed by atoms with Crippen molar-refractivity contribution in [2.75, 3.05) is 14.2 Å². The maximum atomic E-state index is 11.3. The summed E-state index contributed by atoms with van der Waals surface area (Å²) in [5, 5.41) is 9.15. The molecule has 0 radical (unpaired) electrons. The second-order valence-corrected chi connectivity index (χ2v) is 4.17. The molecule has 0 bridgehead atoms. The molecule has 2 atom stereocenters. The maximum Gasteiger partial charge on any atom is 0.311 e. The monoisotopic (exact) mass is 266 g/mol. The fraction of sp³-hybridized carbons (Fsp3) is 0.385. The largest absolute Gasteiger partial charge is 0.497 e. The summed E-state index contributed by atoms with van der Waals surface area (Å²) in [6.07, 6.45) is -0.990. The average molecular weight is 266 g/mol. The molecule has 0 aromatic heterocycles. The number of carboxylic acids is 1. The number of hydrogen-bond donors (Lipinski definition) is 1. The molecule has 0 spiro atoms. The van der Waals surface area contributed by atoms with E-state index in [0.29, 0.717) is 17.1 Å². The Hall–Kier alpha value is -2.24. The topological polar surface area (TPSA) is 82.1 Å². The van der Waals surface area contributed by atoms with E-state index in [4.69, 9.17) is 19.3 Å². The Labute approximate surface area is 109 Å². The van der Waals surface area contributed by atoms with Crippen LogP contribution in [0.15, 0.2) is 18.2 Å². The lowest BCUT2D eigenvalue weighted by atomic mass is 9.94. The third-order valence-electron chi connectivity index (χ3n) is 3.07. The Morgan fingerprint density at radius 2 is 2.11 bits per heavy atom. The molecular formula is C13H14O6. The fourth-order valence-corrected chi connectivity index (χ4v) is 2.12. The number of cyclic esters (lactones) is 1. The van der Waals surface area contributed by atoms with Crippen LogP contribution in [0.3, 0.4) is 0 Å². The number of aliphatic carboxylic acids is 1. The standard InChI is InChI=1S/C13H14O6/c1-17-7-3-4-10(18-2)8(5-7)12-9(13(15)16)6-11(14)19-12/h3-5,9,12H,6H2,1-2H3,(H,15,16)/t9-,12-/m0/s1. The van der Waals surface area contributed by atoms with Crippen molar-refractivity contribution >= 4 is 11.9 Å². The van der Waals surface area contributed by atoms with Crippen molar-refractivity contribution in [3.8, 4) is 11.5 Å². The van der Waals surface area contributed by atoms with Gasteiger partial charge >= 0.3 is 11.9 Å². The Bertz CT molecular complexity index is 510. The number of methoxy groups -OCH3 is 2. The maximum absolute atomic E-state index is 11.3. The lowest BCUT2D eigenvalue weighted by Gasteiger charge is -2.18. The molecule has 0 unspecified atom stereocenters. The predicted molar refractivity (Wildman–Crippen MR) is 64.1 cm³/mol. The molecule has 0 aliphatic carbocycles. The number of carbonyl (C=O) groups excluding carboxylic acids is 1. The Kier molecular flexibility index (Phi) is 3.59. The molecule has 2 rings (SSSR count). The Morgan fingerprint density at radius 1 is 1.37 bits per heavy atom. The Morgan fingerprint density at radius 3 is 2.68 bits per heavy atom. The van der Waals surface area contributed by atoms with Crippen LogP contribution in [-0.2, 0) is 14.3 Å². The van der Waals surface area contributed by atoms with Gasteiger partial charge in [-0.05, 0) is 18.2 Å². The van der Waals surface area contributed by atoms with Crippen LogP contribution >= 0.6 is 0 Å². The second-order valence-electron chi connectivity index (χ2n) is 4.17. The number of carbonyl (C=O) groups is 2. The highest BCUT2D eigenvalue weighted by molar-refractivity contribution is 5.83. The highest BCUT2D eigenvalue weighted by Crippen LogP contribution is 2.41. The number of esters is 1. The number of ether oxygens (including phenoxy) is 3. The summed E-state index contributed by atoms with van der Waals surface area (Å²) >= 11 is 0. The van der Waals surface area contributed by atoms with Crippen molar-refractivity contribution in [3.05, 3.63) is 23.8 Å². The summed E-state index contributed by atoms with van der Waals surface area (Å²) in [6, 6.07) is 4.96. The van der Waals surface area contributed by atoms with Gasteiger partial charge in [0.05, 0.1) is 20.6 Å². The first kappa shape index (κ1) is 13.2. The van der Waals surface area contributed by atoms with E-state index in [1.54, 1.807) is 18.2 Å². The van der Waals surface area contributed by atoms with E-state index in [0.717, 1.165) is 0 Å². The third kappa shape index (κ3) is 2.47. The number of rotatable bonds is 4. The first-order valence-corrected chi connectivity index (χ1v) is 5.71. The zero-order valence-corrected chi connectivity index (χ0v) is 10.6. The SMILES string of the molecule is COc1ccc(OC)c([C@@H]2OC(=O)C[C@@H]2C(=O)O)c1. The van der Waals surface area contributed by atoms with Crippen LogP contribution in [0.5, 0.6) is 11.5 Å². The van der Waals surface area contributed by atoms with Gasteiger partial charge in [-0.1, -0.05) is 0 Å². The van der Waals surface area contributed by atoms with Crippen LogP contribution in [-0.4, -0.2) is 31.3 Å². The molecule has 1 fully saturated rings. The van der Waals surface area contributed by atoms with Crippen molar-refractivity contribution in [1.29, 1.82) is 0 Å². The summed E-state index contributed by atoms with van der Waals surface area (Å²) in [7, 11) is 2.97. The van der Waals surface area contributed by atoms with Crippen molar-refractivity contribution < 1.29 is 28.9 Å². The molecule has 1 aromatic carbocycles. The van der Waals surface area contributed by atoms with Gasteiger partial charge in [0.2, 0.25) is 0 Å². The minimum atomic E-state index is -1.07. The molecule has 0 amide bonds. The van der Waals surface area contributed by atoms with Gasteiger partial charge in [0.1, 0.15) is 23.5 Å². The first-order valence-electron chi connectivity index (χ1n) is 5.71. The van der Waals surface area contributed by atoms with Crippen LogP contribution in [0.4, 0.5) is 0 Å². The van der Waals surface area contributed by atoms with E-state index in [1.165, 1.54) is 14.2 Å². The van der Waals surface area contributed by atoms with Gasteiger partial charge < -0.3 is 19.3 Å². The summed E-state index contributed by atoms with van der Waals surface area (Å²) in [6.45, 7) is 0. The van der Waals surface area contributed by atoms with E-state index in [9.17, 15) is 9.59 Å². The number of benzene rings is 1. The molecule has 1 aliphatic rings. The van der Waals surface area contributed by atoms with E-state index >= 15 is 0 Å². The molecule has 1 heterocycles. The van der Waals surface area contributed by atoms with Gasteiger partial charge in [0.25, 0.3) is 0 Å². The van der Waals surface area contributed by atoms with Crippen molar-refractivity contribution in [3.63, 3.8) is 0 Å². The number of hydrogen-bond acceptors (Lipinski definition) is 5. The molecule has 0 saturated carbocycles. The van der Waals surface area contributed by atoms with Gasteiger partial charge in [0, 0.05) is 5.56 Å². The van der Waals surface area contributed by atoms with E-state index in [1.807, 2.05) is 0 Å². The summed E-state index contributed by atoms with van der Waals surface area (Å²) in [5.41, 5.74) is 0.500. The van der Waals surface area contributed by atoms with Crippen molar-refractivity contribution in [2.24, 2.45) is 5.92 Å². The van der Waals surface area contributed by atoms with Gasteiger partial charge in [0.15, 0.2) is 0 Å². The van der Waals surface area contributed by atoms with Gasteiger partial charge in [-0.15, -0.1) is 0 Å². The van der Waals surface area contributed by atoms with Crippen LogP contribution in [0.1, 0.15) is 18.1 Å². The minimum absolute atomic E-state index is 0.139. The summed E-state index contributed by atoms with van der Waals surface area (Å²) < 4.78 is 15.4. The van der Waals surface area contributed by atoms with Crippen LogP contribution in [0.25, 0.3) is 0 Å². The average Bonchev–Trinajstić information content (AvgIpc) is 2.80. The molecule has 19 heavy (non-hydrogen) atoms. The zero-order valence-electron chi connectivity index (χ0n) is 10.6. The zero-order chi connectivity index (χ0) is 14.0. The molecule has 6 heteroatoms. The van der Waals surface area contributed by atoms with Crippen LogP contribution in [0.2, 0.25) is 0 Å². The smallest absolute Gasteiger partial charge is 0.311 e. The lowest BCUT2D eigenvalue weighted by molar-refractivity contribution is -0.144. The van der Waals surface area contributed by atoms with Crippen molar-refractivity contribution in [1.82, 2.24) is 0 Å². The molecular weight excluding hydrogens is 252 g/mol. The predicted octanol–water partition coefficient (Wildman–Crippen LogP) is 1.39. The van der Waals surface area contributed by atoms with Crippen molar-refractivity contribution in [2.45, 2.75) is 12.5 Å². The molecule has 1 aliphatic heterocycles. The van der Waals surface area contributed by atoms with Gasteiger partial charge in [-0.25, -0.2) is 0 Å². The Balaban J connectivity index is 2.43. The van der Waals surface area contributed by atoms with Crippen LogP contribution < -0.4 is 9.47 Å². The first-order chi connectivity index (χ1) is 9.06. The minimum Gasteiger partial charge on any atom is -0.497 e. The highest BCUT2D eigenvalue weighted by Gasteiger charge is 2.42. The van der Waals surface area contributed by atoms with E-state index in [2.05, 4.69) is 0 Å². The normalized spacial score (nSPS) is 21.9. The lowest BCUT2D eigenvalue weighted by Crippen LogP contribution is -2.18. The van der Waals surface area contributed by atoms with Crippen LogP contribution in [0, 0.1) is 5.92 Å². The number of carboxylic acid groups (broad SMARTS) is 1. The molecule has 1 aromatic rings. The summed E-state index contributed by atoms with van der Waals surface area (Å²) in [4.78, 5) is 22.5. The quantitative estimate of drug-likeness (QED) is 0.829. The van der Waals surface area contributed by atoms with Gasteiger partial charge in [-0.2, -0.15) is 0 Å². The third-order valence-corrected chi connectivity index (χ3v) is 3.07. The molecule has 102 valence electrons. The van der Waals surface area contributed by atoms with E-state index < -0.39 is 24.0 Å². The second kappa shape index (κ2) is 5.17. The molecule has 1 saturated heterocycles. The fourth-order valence-electron chi connectivity index (χ4n) is 2.12. The molecule has 1 N–H and O–H groups in total. The summed E-state index contributed by atoms with van der Waals surface area (Å²) in [5.74, 6) is -1.49. The van der Waals surface area contributed by atoms with E-state index in [-0.39, 0.29) is 6.42 Å².